The van der Waals surface area contributed by atoms with Gasteiger partial charge in [0.25, 0.3) is 0 Å². The van der Waals surface area contributed by atoms with Crippen LogP contribution in [0.4, 0.5) is 0 Å². The summed E-state index contributed by atoms with van der Waals surface area (Å²) in [4.78, 5) is 30.7. The number of amides is 2. The van der Waals surface area contributed by atoms with Gasteiger partial charge in [0.05, 0.1) is 6.04 Å². The number of carbonyl (C=O) groups excluding carboxylic acids is 2. The summed E-state index contributed by atoms with van der Waals surface area (Å²) in [5, 5.41) is 0. The molecule has 2 aliphatic heterocycles. The smallest absolute Gasteiger partial charge is 0.239 e. The van der Waals surface area contributed by atoms with Crippen molar-refractivity contribution in [2.24, 2.45) is 5.41 Å². The van der Waals surface area contributed by atoms with Gasteiger partial charge in [0, 0.05) is 32.1 Å². The summed E-state index contributed by atoms with van der Waals surface area (Å²) in [6.45, 7) is 4.61. The molecule has 3 aliphatic rings. The number of hydrogen-bond donors (Lipinski definition) is 0. The van der Waals surface area contributed by atoms with Crippen molar-refractivity contribution in [3.8, 4) is 0 Å². The summed E-state index contributed by atoms with van der Waals surface area (Å²) in [5.41, 5.74) is 0.272. The Kier molecular flexibility index (Phi) is 4.19. The van der Waals surface area contributed by atoms with Crippen molar-refractivity contribution < 1.29 is 9.59 Å². The van der Waals surface area contributed by atoms with Gasteiger partial charge in [-0.3, -0.25) is 14.5 Å². The summed E-state index contributed by atoms with van der Waals surface area (Å²) in [6, 6.07) is 0.475. The second kappa shape index (κ2) is 5.84. The Morgan fingerprint density at radius 2 is 1.86 bits per heavy atom. The molecular weight excluding hydrogens is 278 g/mol. The molecule has 1 aliphatic carbocycles. The topological polar surface area (TPSA) is 43.9 Å². The summed E-state index contributed by atoms with van der Waals surface area (Å²) < 4.78 is 0. The molecule has 0 bridgehead atoms. The SMILES string of the molecule is C[C@H](C(=O)N1CCC2(CCC(=O)N(C3CC3)C2)CC1)N(C)C. The molecule has 0 aromatic rings. The van der Waals surface area contributed by atoms with E-state index in [1.54, 1.807) is 0 Å². The van der Waals surface area contributed by atoms with Crippen LogP contribution in [0.15, 0.2) is 0 Å². The van der Waals surface area contributed by atoms with Crippen LogP contribution in [0.3, 0.4) is 0 Å². The summed E-state index contributed by atoms with van der Waals surface area (Å²) >= 11 is 0. The third-order valence-corrected chi connectivity index (χ3v) is 5.95. The second-order valence-electron chi connectivity index (χ2n) is 7.72. The maximum absolute atomic E-state index is 12.5. The lowest BCUT2D eigenvalue weighted by molar-refractivity contribution is -0.144. The van der Waals surface area contributed by atoms with Gasteiger partial charge in [-0.25, -0.2) is 0 Å². The van der Waals surface area contributed by atoms with E-state index in [0.29, 0.717) is 18.4 Å². The predicted molar refractivity (Wildman–Crippen MR) is 85.4 cm³/mol. The molecule has 3 fully saturated rings. The minimum Gasteiger partial charge on any atom is -0.341 e. The molecule has 1 atom stereocenters. The van der Waals surface area contributed by atoms with Crippen molar-refractivity contribution in [3.63, 3.8) is 0 Å². The van der Waals surface area contributed by atoms with Gasteiger partial charge < -0.3 is 9.80 Å². The molecule has 0 radical (unpaired) electrons. The van der Waals surface area contributed by atoms with E-state index in [2.05, 4.69) is 4.90 Å². The normalized spacial score (nSPS) is 26.6. The van der Waals surface area contributed by atoms with Gasteiger partial charge in [-0.05, 0) is 58.5 Å². The Labute approximate surface area is 133 Å². The van der Waals surface area contributed by atoms with Crippen molar-refractivity contribution in [2.75, 3.05) is 33.7 Å². The number of likely N-dealkylation sites (tertiary alicyclic amines) is 2. The Bertz CT molecular complexity index is 451. The lowest BCUT2D eigenvalue weighted by Gasteiger charge is -2.48. The molecule has 22 heavy (non-hydrogen) atoms. The van der Waals surface area contributed by atoms with Crippen LogP contribution in [-0.4, -0.2) is 72.3 Å². The Morgan fingerprint density at radius 3 is 2.41 bits per heavy atom. The van der Waals surface area contributed by atoms with Crippen molar-refractivity contribution in [1.82, 2.24) is 14.7 Å². The Hall–Kier alpha value is -1.10. The van der Waals surface area contributed by atoms with Crippen molar-refractivity contribution in [2.45, 2.75) is 57.5 Å². The molecule has 2 amide bonds. The van der Waals surface area contributed by atoms with Gasteiger partial charge in [0.1, 0.15) is 0 Å². The maximum Gasteiger partial charge on any atom is 0.239 e. The molecule has 5 heteroatoms. The highest BCUT2D eigenvalue weighted by atomic mass is 16.2. The van der Waals surface area contributed by atoms with E-state index >= 15 is 0 Å². The number of piperidine rings is 2. The zero-order valence-corrected chi connectivity index (χ0v) is 14.2. The molecule has 0 aromatic carbocycles. The number of nitrogens with zero attached hydrogens (tertiary/aromatic N) is 3. The molecule has 1 saturated carbocycles. The van der Waals surface area contributed by atoms with Crippen molar-refractivity contribution in [3.05, 3.63) is 0 Å². The van der Waals surface area contributed by atoms with Crippen LogP contribution in [0, 0.1) is 5.41 Å². The van der Waals surface area contributed by atoms with Gasteiger partial charge in [-0.15, -0.1) is 0 Å². The first-order valence-electron chi connectivity index (χ1n) is 8.67. The molecular formula is C17H29N3O2. The van der Waals surface area contributed by atoms with Crippen LogP contribution in [0.5, 0.6) is 0 Å². The van der Waals surface area contributed by atoms with Crippen molar-refractivity contribution in [1.29, 1.82) is 0 Å². The molecule has 0 N–H and O–H groups in total. The number of hydrogen-bond acceptors (Lipinski definition) is 3. The standard InChI is InChI=1S/C17H29N3O2/c1-13(18(2)3)16(22)19-10-8-17(9-11-19)7-6-15(21)20(12-17)14-4-5-14/h13-14H,4-12H2,1-3H3/t13-/m1/s1. The van der Waals surface area contributed by atoms with Crippen LogP contribution in [-0.2, 0) is 9.59 Å². The fraction of sp³-hybridized carbons (Fsp3) is 0.882. The molecule has 2 heterocycles. The lowest BCUT2D eigenvalue weighted by Crippen LogP contribution is -2.54. The van der Waals surface area contributed by atoms with Crippen LogP contribution in [0.1, 0.15) is 45.4 Å². The first-order chi connectivity index (χ1) is 10.4. The molecule has 3 rings (SSSR count). The van der Waals surface area contributed by atoms with Crippen LogP contribution < -0.4 is 0 Å². The van der Waals surface area contributed by atoms with E-state index in [9.17, 15) is 9.59 Å². The monoisotopic (exact) mass is 307 g/mol. The average molecular weight is 307 g/mol. The highest BCUT2D eigenvalue weighted by Gasteiger charge is 2.45. The molecule has 2 saturated heterocycles. The summed E-state index contributed by atoms with van der Waals surface area (Å²) in [7, 11) is 3.91. The fourth-order valence-electron chi connectivity index (χ4n) is 3.86. The number of likely N-dealkylation sites (N-methyl/N-ethyl adjacent to an activating group) is 1. The fourth-order valence-corrected chi connectivity index (χ4v) is 3.86. The van der Waals surface area contributed by atoms with Gasteiger partial charge in [-0.1, -0.05) is 0 Å². The zero-order valence-electron chi connectivity index (χ0n) is 14.2. The van der Waals surface area contributed by atoms with Gasteiger partial charge >= 0.3 is 0 Å². The highest BCUT2D eigenvalue weighted by molar-refractivity contribution is 5.81. The van der Waals surface area contributed by atoms with Crippen LogP contribution >= 0.6 is 0 Å². The largest absolute Gasteiger partial charge is 0.341 e. The number of carbonyl (C=O) groups is 2. The van der Waals surface area contributed by atoms with E-state index in [1.807, 2.05) is 30.8 Å². The zero-order chi connectivity index (χ0) is 15.9. The van der Waals surface area contributed by atoms with Gasteiger partial charge in [0.2, 0.25) is 11.8 Å². The molecule has 124 valence electrons. The van der Waals surface area contributed by atoms with Gasteiger partial charge in [0.15, 0.2) is 0 Å². The van der Waals surface area contributed by atoms with Crippen LogP contribution in [0.2, 0.25) is 0 Å². The van der Waals surface area contributed by atoms with Gasteiger partial charge in [-0.2, -0.15) is 0 Å². The first-order valence-corrected chi connectivity index (χ1v) is 8.67. The molecule has 1 spiro atoms. The molecule has 0 unspecified atom stereocenters. The third-order valence-electron chi connectivity index (χ3n) is 5.95. The Balaban J connectivity index is 1.59. The minimum atomic E-state index is -0.0510. The third kappa shape index (κ3) is 3.00. The van der Waals surface area contributed by atoms with E-state index in [-0.39, 0.29) is 17.4 Å². The summed E-state index contributed by atoms with van der Waals surface area (Å²) in [6.07, 6.45) is 6.20. The quantitative estimate of drug-likeness (QED) is 0.790. The minimum absolute atomic E-state index is 0.0510. The second-order valence-corrected chi connectivity index (χ2v) is 7.72. The molecule has 0 aromatic heterocycles. The predicted octanol–water partition coefficient (Wildman–Crippen LogP) is 1.33. The highest BCUT2D eigenvalue weighted by Crippen LogP contribution is 2.43. The lowest BCUT2D eigenvalue weighted by atomic mass is 9.72. The average Bonchev–Trinajstić information content (AvgIpc) is 3.34. The summed E-state index contributed by atoms with van der Waals surface area (Å²) in [5.74, 6) is 0.596. The number of rotatable bonds is 3. The van der Waals surface area contributed by atoms with E-state index in [4.69, 9.17) is 0 Å². The van der Waals surface area contributed by atoms with E-state index < -0.39 is 0 Å². The Morgan fingerprint density at radius 1 is 1.23 bits per heavy atom. The maximum atomic E-state index is 12.5. The van der Waals surface area contributed by atoms with Crippen molar-refractivity contribution >= 4 is 11.8 Å². The molecule has 5 nitrogen and oxygen atoms in total. The van der Waals surface area contributed by atoms with Crippen LogP contribution in [0.25, 0.3) is 0 Å². The van der Waals surface area contributed by atoms with E-state index in [0.717, 1.165) is 38.9 Å². The van der Waals surface area contributed by atoms with E-state index in [1.165, 1.54) is 12.8 Å². The first kappa shape index (κ1) is 15.8.